The number of hydrogen-bond donors (Lipinski definition) is 1. The Labute approximate surface area is 192 Å². The lowest BCUT2D eigenvalue weighted by atomic mass is 9.87. The Morgan fingerprint density at radius 2 is 1.77 bits per heavy atom. The van der Waals surface area contributed by atoms with Gasteiger partial charge < -0.3 is 9.84 Å². The minimum atomic E-state index is -0.959. The minimum absolute atomic E-state index is 0.0842. The molecule has 31 heavy (non-hydrogen) atoms. The molecular weight excluding hydrogens is 430 g/mol. The molecule has 0 bridgehead atoms. The van der Waals surface area contributed by atoms with Gasteiger partial charge in [-0.1, -0.05) is 81.1 Å². The molecule has 7 heteroatoms. The molecule has 1 aliphatic heterocycles. The van der Waals surface area contributed by atoms with E-state index in [1.54, 1.807) is 6.08 Å². The van der Waals surface area contributed by atoms with Crippen molar-refractivity contribution in [1.29, 1.82) is 0 Å². The Balaban J connectivity index is 1.59. The van der Waals surface area contributed by atoms with Gasteiger partial charge in [0.1, 0.15) is 16.7 Å². The molecule has 2 aromatic rings. The number of carbonyl (C=O) groups excluding carboxylic acids is 1. The van der Waals surface area contributed by atoms with Crippen LogP contribution < -0.4 is 4.74 Å². The lowest BCUT2D eigenvalue weighted by molar-refractivity contribution is -0.137. The summed E-state index contributed by atoms with van der Waals surface area (Å²) in [4.78, 5) is 25.1. The van der Waals surface area contributed by atoms with Gasteiger partial charge in [-0.05, 0) is 40.3 Å². The topological polar surface area (TPSA) is 66.8 Å². The molecule has 162 valence electrons. The molecule has 0 radical (unpaired) electrons. The highest BCUT2D eigenvalue weighted by Crippen LogP contribution is 2.33. The minimum Gasteiger partial charge on any atom is -0.489 e. The zero-order valence-electron chi connectivity index (χ0n) is 17.8. The smallest absolute Gasteiger partial charge is 0.305 e. The van der Waals surface area contributed by atoms with Crippen LogP contribution in [0.25, 0.3) is 6.08 Å². The Morgan fingerprint density at radius 3 is 2.35 bits per heavy atom. The van der Waals surface area contributed by atoms with Crippen LogP contribution in [0.1, 0.15) is 43.9 Å². The van der Waals surface area contributed by atoms with Crippen molar-refractivity contribution in [3.05, 3.63) is 70.1 Å². The van der Waals surface area contributed by atoms with Gasteiger partial charge in [0, 0.05) is 6.54 Å². The molecule has 1 heterocycles. The van der Waals surface area contributed by atoms with E-state index in [0.717, 1.165) is 16.9 Å². The number of thiocarbonyl (C=S) groups is 1. The Hall–Kier alpha value is -2.64. The second kappa shape index (κ2) is 9.66. The molecule has 5 nitrogen and oxygen atoms in total. The van der Waals surface area contributed by atoms with Gasteiger partial charge >= 0.3 is 5.97 Å². The van der Waals surface area contributed by atoms with Crippen LogP contribution in [0.2, 0.25) is 0 Å². The monoisotopic (exact) mass is 455 g/mol. The maximum absolute atomic E-state index is 12.5. The number of nitrogens with zero attached hydrogens (tertiary/aromatic N) is 1. The molecule has 0 unspecified atom stereocenters. The first-order valence-corrected chi connectivity index (χ1v) is 11.2. The van der Waals surface area contributed by atoms with Crippen molar-refractivity contribution in [2.24, 2.45) is 0 Å². The van der Waals surface area contributed by atoms with Crippen LogP contribution in [-0.2, 0) is 21.6 Å². The zero-order chi connectivity index (χ0) is 22.6. The Morgan fingerprint density at radius 1 is 1.13 bits per heavy atom. The predicted molar refractivity (Wildman–Crippen MR) is 128 cm³/mol. The van der Waals surface area contributed by atoms with Gasteiger partial charge in [-0.3, -0.25) is 14.5 Å². The normalized spacial score (nSPS) is 15.6. The molecule has 0 atom stereocenters. The first kappa shape index (κ1) is 23.0. The van der Waals surface area contributed by atoms with Gasteiger partial charge in [0.25, 0.3) is 5.91 Å². The molecule has 0 spiro atoms. The van der Waals surface area contributed by atoms with Gasteiger partial charge in [0.05, 0.1) is 11.3 Å². The van der Waals surface area contributed by atoms with Gasteiger partial charge in [0.15, 0.2) is 0 Å². The number of carboxylic acids is 1. The van der Waals surface area contributed by atoms with E-state index in [-0.39, 0.29) is 24.3 Å². The summed E-state index contributed by atoms with van der Waals surface area (Å²) in [5.74, 6) is -0.472. The van der Waals surface area contributed by atoms with E-state index in [2.05, 4.69) is 45.0 Å². The first-order chi connectivity index (χ1) is 14.6. The standard InChI is InChI=1S/C24H25NO4S2/c1-24(2,3)18-8-4-17(5-9-18)15-29-19-10-6-16(7-11-19)14-20-22(28)25(23(30)31-20)13-12-21(26)27/h4-11,14H,12-13,15H2,1-3H3,(H,26,27)/b20-14+. The molecule has 1 N–H and O–H groups in total. The summed E-state index contributed by atoms with van der Waals surface area (Å²) in [6, 6.07) is 15.9. The number of carboxylic acid groups (broad SMARTS) is 1. The van der Waals surface area contributed by atoms with Gasteiger partial charge in [-0.2, -0.15) is 0 Å². The van der Waals surface area contributed by atoms with Crippen molar-refractivity contribution in [1.82, 2.24) is 4.90 Å². The maximum Gasteiger partial charge on any atom is 0.305 e. The quantitative estimate of drug-likeness (QED) is 0.455. The van der Waals surface area contributed by atoms with Crippen molar-refractivity contribution >= 4 is 46.3 Å². The summed E-state index contributed by atoms with van der Waals surface area (Å²) in [7, 11) is 0. The first-order valence-electron chi connectivity index (χ1n) is 9.93. The van der Waals surface area contributed by atoms with E-state index < -0.39 is 5.97 Å². The third-order valence-corrected chi connectivity index (χ3v) is 6.20. The molecule has 2 aromatic carbocycles. The number of amides is 1. The lowest BCUT2D eigenvalue weighted by Gasteiger charge is -2.19. The average Bonchev–Trinajstić information content (AvgIpc) is 2.98. The SMILES string of the molecule is CC(C)(C)c1ccc(COc2ccc(/C=C3/SC(=S)N(CCC(=O)O)C3=O)cc2)cc1. The zero-order valence-corrected chi connectivity index (χ0v) is 19.4. The van der Waals surface area contributed by atoms with E-state index >= 15 is 0 Å². The fraction of sp³-hybridized carbons (Fsp3) is 0.292. The second-order valence-corrected chi connectivity index (χ2v) is 9.96. The fourth-order valence-electron chi connectivity index (χ4n) is 2.98. The summed E-state index contributed by atoms with van der Waals surface area (Å²) in [6.07, 6.45) is 1.62. The molecule has 3 rings (SSSR count). The Bertz CT molecular complexity index is 1010. The third kappa shape index (κ3) is 6.18. The van der Waals surface area contributed by atoms with Crippen LogP contribution in [0.4, 0.5) is 0 Å². The van der Waals surface area contributed by atoms with Crippen LogP contribution in [-0.4, -0.2) is 32.7 Å². The van der Waals surface area contributed by atoms with Crippen LogP contribution in [0.5, 0.6) is 5.75 Å². The summed E-state index contributed by atoms with van der Waals surface area (Å²) >= 11 is 6.39. The highest BCUT2D eigenvalue weighted by Gasteiger charge is 2.32. The number of ether oxygens (including phenoxy) is 1. The maximum atomic E-state index is 12.5. The van der Waals surface area contributed by atoms with Crippen LogP contribution >= 0.6 is 24.0 Å². The lowest BCUT2D eigenvalue weighted by Crippen LogP contribution is -2.30. The number of aliphatic carboxylic acids is 1. The predicted octanol–water partition coefficient (Wildman–Crippen LogP) is 5.24. The van der Waals surface area contributed by atoms with Gasteiger partial charge in [-0.25, -0.2) is 0 Å². The molecule has 1 aliphatic rings. The van der Waals surface area contributed by atoms with E-state index in [1.807, 2.05) is 24.3 Å². The highest BCUT2D eigenvalue weighted by molar-refractivity contribution is 8.26. The summed E-state index contributed by atoms with van der Waals surface area (Å²) in [5, 5.41) is 8.82. The molecule has 0 aliphatic carbocycles. The van der Waals surface area contributed by atoms with E-state index in [4.69, 9.17) is 22.1 Å². The summed E-state index contributed by atoms with van der Waals surface area (Å²) in [5.41, 5.74) is 3.36. The summed E-state index contributed by atoms with van der Waals surface area (Å²) < 4.78 is 6.26. The van der Waals surface area contributed by atoms with Crippen LogP contribution in [0.3, 0.4) is 0 Å². The van der Waals surface area contributed by atoms with Crippen molar-refractivity contribution in [2.45, 2.75) is 39.2 Å². The highest BCUT2D eigenvalue weighted by atomic mass is 32.2. The van der Waals surface area contributed by atoms with Gasteiger partial charge in [0.2, 0.25) is 0 Å². The largest absolute Gasteiger partial charge is 0.489 e. The van der Waals surface area contributed by atoms with Crippen molar-refractivity contribution in [3.63, 3.8) is 0 Å². The summed E-state index contributed by atoms with van der Waals surface area (Å²) in [6.45, 7) is 7.13. The number of hydrogen-bond acceptors (Lipinski definition) is 5. The van der Waals surface area contributed by atoms with Crippen LogP contribution in [0.15, 0.2) is 53.4 Å². The van der Waals surface area contributed by atoms with Crippen molar-refractivity contribution in [2.75, 3.05) is 6.54 Å². The molecule has 0 saturated carbocycles. The number of rotatable bonds is 7. The fourth-order valence-corrected chi connectivity index (χ4v) is 4.29. The molecule has 0 aromatic heterocycles. The number of benzene rings is 2. The van der Waals surface area contributed by atoms with Crippen molar-refractivity contribution < 1.29 is 19.4 Å². The molecule has 1 saturated heterocycles. The number of carbonyl (C=O) groups is 2. The van der Waals surface area contributed by atoms with Gasteiger partial charge in [-0.15, -0.1) is 0 Å². The van der Waals surface area contributed by atoms with E-state index in [9.17, 15) is 9.59 Å². The van der Waals surface area contributed by atoms with E-state index in [1.165, 1.54) is 22.2 Å². The average molecular weight is 456 g/mol. The molecule has 1 amide bonds. The second-order valence-electron chi connectivity index (χ2n) is 8.28. The Kier molecular flexibility index (Phi) is 7.18. The van der Waals surface area contributed by atoms with E-state index in [0.29, 0.717) is 15.8 Å². The van der Waals surface area contributed by atoms with Crippen LogP contribution in [0, 0.1) is 0 Å². The molecule has 1 fully saturated rings. The third-order valence-electron chi connectivity index (χ3n) is 4.83. The number of thioether (sulfide) groups is 1. The molecular formula is C24H25NO4S2. The van der Waals surface area contributed by atoms with Crippen molar-refractivity contribution in [3.8, 4) is 5.75 Å².